The van der Waals surface area contributed by atoms with Gasteiger partial charge in [0.25, 0.3) is 0 Å². The molecule has 3 heteroatoms. The highest BCUT2D eigenvalue weighted by Crippen LogP contribution is 2.70. The molecule has 24 heavy (non-hydrogen) atoms. The molecule has 0 aromatic carbocycles. The lowest BCUT2D eigenvalue weighted by Crippen LogP contribution is -2.55. The van der Waals surface area contributed by atoms with Crippen LogP contribution in [0.25, 0.3) is 0 Å². The second kappa shape index (κ2) is 4.54. The molecule has 0 bridgehead atoms. The van der Waals surface area contributed by atoms with Gasteiger partial charge < -0.3 is 5.11 Å². The highest BCUT2D eigenvalue weighted by atomic mass is 16.3. The van der Waals surface area contributed by atoms with E-state index < -0.39 is 0 Å². The molecule has 5 rings (SSSR count). The molecule has 1 aliphatic heterocycles. The summed E-state index contributed by atoms with van der Waals surface area (Å²) in [4.78, 5) is 12.5. The Hall–Kier alpha value is -0.670. The molecule has 1 saturated heterocycles. The number of aliphatic hydroxyl groups excluding tert-OH is 1. The molecule has 3 nitrogen and oxygen atoms in total. The summed E-state index contributed by atoms with van der Waals surface area (Å²) in [7, 11) is 0. The highest BCUT2D eigenvalue weighted by Gasteiger charge is 2.77. The lowest BCUT2D eigenvalue weighted by Gasteiger charge is -2.58. The summed E-state index contributed by atoms with van der Waals surface area (Å²) in [6.07, 6.45) is 10.2. The molecule has 132 valence electrons. The summed E-state index contributed by atoms with van der Waals surface area (Å²) >= 11 is 0. The van der Waals surface area contributed by atoms with Crippen LogP contribution in [0, 0.1) is 28.6 Å². The number of Topliss-reactive ketones (excluding diaryl/α,β-unsaturated/α-hetero) is 1. The van der Waals surface area contributed by atoms with Crippen molar-refractivity contribution in [3.63, 3.8) is 0 Å². The predicted molar refractivity (Wildman–Crippen MR) is 93.4 cm³/mol. The van der Waals surface area contributed by atoms with E-state index >= 15 is 0 Å². The van der Waals surface area contributed by atoms with E-state index in [1.54, 1.807) is 6.92 Å². The molecule has 4 fully saturated rings. The van der Waals surface area contributed by atoms with Gasteiger partial charge in [0.1, 0.15) is 0 Å². The third-order valence-corrected chi connectivity index (χ3v) is 9.25. The van der Waals surface area contributed by atoms with Crippen LogP contribution in [0.4, 0.5) is 0 Å². The molecule has 0 aromatic heterocycles. The summed E-state index contributed by atoms with van der Waals surface area (Å²) < 4.78 is 0. The van der Waals surface area contributed by atoms with Gasteiger partial charge in [0.15, 0.2) is 5.78 Å². The first kappa shape index (κ1) is 15.6. The van der Waals surface area contributed by atoms with E-state index in [2.05, 4.69) is 25.2 Å². The Kier molecular flexibility index (Phi) is 2.94. The lowest BCUT2D eigenvalue weighted by molar-refractivity contribution is -0.126. The number of fused-ring (bicyclic) bond motifs is 7. The van der Waals surface area contributed by atoms with Gasteiger partial charge in [-0.25, -0.2) is 0 Å². The number of rotatable bonds is 1. The fourth-order valence-corrected chi connectivity index (χ4v) is 7.92. The van der Waals surface area contributed by atoms with E-state index in [0.29, 0.717) is 23.2 Å². The van der Waals surface area contributed by atoms with Gasteiger partial charge in [0.2, 0.25) is 0 Å². The number of nitrogens with one attached hydrogen (secondary N) is 1. The van der Waals surface area contributed by atoms with E-state index in [4.69, 9.17) is 0 Å². The Morgan fingerprint density at radius 3 is 2.79 bits per heavy atom. The molecule has 0 aromatic rings. The summed E-state index contributed by atoms with van der Waals surface area (Å²) in [6, 6.07) is 0.440. The predicted octanol–water partition coefficient (Wildman–Crippen LogP) is 3.22. The van der Waals surface area contributed by atoms with Crippen molar-refractivity contribution in [3.05, 3.63) is 11.6 Å². The van der Waals surface area contributed by atoms with Crippen LogP contribution in [0.1, 0.15) is 65.7 Å². The number of hydrogen-bond acceptors (Lipinski definition) is 3. The van der Waals surface area contributed by atoms with Gasteiger partial charge in [0, 0.05) is 6.04 Å². The van der Waals surface area contributed by atoms with Crippen molar-refractivity contribution < 1.29 is 9.90 Å². The number of hydrogen-bond donors (Lipinski definition) is 2. The molecule has 2 N–H and O–H groups in total. The molecule has 3 saturated carbocycles. The van der Waals surface area contributed by atoms with Crippen molar-refractivity contribution >= 4 is 5.78 Å². The van der Waals surface area contributed by atoms with Crippen LogP contribution in [0.5, 0.6) is 0 Å². The molecule has 0 radical (unpaired) electrons. The van der Waals surface area contributed by atoms with Crippen molar-refractivity contribution in [1.82, 2.24) is 5.32 Å². The number of allylic oxidation sites excluding steroid dienone is 1. The molecular weight excluding hydrogens is 298 g/mol. The molecule has 0 spiro atoms. The summed E-state index contributed by atoms with van der Waals surface area (Å²) in [6.45, 7) is 6.68. The number of piperidine rings is 1. The van der Waals surface area contributed by atoms with Crippen LogP contribution in [0.3, 0.4) is 0 Å². The maximum Gasteiger partial charge on any atom is 0.151 e. The van der Waals surface area contributed by atoms with Gasteiger partial charge in [-0.3, -0.25) is 10.1 Å². The summed E-state index contributed by atoms with van der Waals surface area (Å²) in [5, 5.41) is 13.7. The zero-order valence-electron chi connectivity index (χ0n) is 15.3. The molecule has 0 amide bonds. The smallest absolute Gasteiger partial charge is 0.151 e. The number of aliphatic hydroxyl groups is 1. The first-order valence-electron chi connectivity index (χ1n) is 9.99. The monoisotopic (exact) mass is 329 g/mol. The third-order valence-electron chi connectivity index (χ3n) is 9.25. The van der Waals surface area contributed by atoms with E-state index in [-0.39, 0.29) is 17.1 Å². The maximum absolute atomic E-state index is 12.5. The third kappa shape index (κ3) is 1.60. The highest BCUT2D eigenvalue weighted by molar-refractivity contribution is 5.92. The van der Waals surface area contributed by atoms with Crippen molar-refractivity contribution in [2.75, 3.05) is 0 Å². The fourth-order valence-electron chi connectivity index (χ4n) is 7.92. The minimum absolute atomic E-state index is 0.126. The minimum Gasteiger partial charge on any atom is -0.393 e. The Balaban J connectivity index is 1.51. The fraction of sp³-hybridized carbons (Fsp3) is 0.857. The zero-order chi connectivity index (χ0) is 16.9. The van der Waals surface area contributed by atoms with Gasteiger partial charge in [-0.05, 0) is 80.5 Å². The molecule has 5 aliphatic rings. The van der Waals surface area contributed by atoms with Crippen LogP contribution in [-0.2, 0) is 4.79 Å². The first-order valence-corrected chi connectivity index (χ1v) is 9.99. The summed E-state index contributed by atoms with van der Waals surface area (Å²) in [5.74, 6) is 2.55. The van der Waals surface area contributed by atoms with Crippen molar-refractivity contribution in [3.8, 4) is 0 Å². The standard InChI is InChI=1S/C21H31NO2/c1-12(23)21-18(22-21)11-17-15-5-4-13-10-14(24)6-8-19(13,2)16(15)7-9-20(17,21)3/h4,14-18,22,24H,5-11H2,1-3H3/t14-,15-,16-,17+,18+,19-,20-,21+/m0/s1. The topological polar surface area (TPSA) is 59.2 Å². The quantitative estimate of drug-likeness (QED) is 0.573. The van der Waals surface area contributed by atoms with Gasteiger partial charge in [-0.1, -0.05) is 25.5 Å². The number of carbonyl (C=O) groups excluding carboxylic acids is 1. The maximum atomic E-state index is 12.5. The Bertz CT molecular complexity index is 642. The van der Waals surface area contributed by atoms with Crippen molar-refractivity contribution in [1.29, 1.82) is 0 Å². The van der Waals surface area contributed by atoms with Gasteiger partial charge in [-0.15, -0.1) is 0 Å². The zero-order valence-corrected chi connectivity index (χ0v) is 15.3. The Labute approximate surface area is 145 Å². The van der Waals surface area contributed by atoms with E-state index in [1.807, 2.05) is 0 Å². The number of ketones is 1. The van der Waals surface area contributed by atoms with Gasteiger partial charge >= 0.3 is 0 Å². The second-order valence-electron chi connectivity index (χ2n) is 9.91. The van der Waals surface area contributed by atoms with E-state index in [9.17, 15) is 9.90 Å². The van der Waals surface area contributed by atoms with Crippen LogP contribution in [0.15, 0.2) is 11.6 Å². The second-order valence-corrected chi connectivity index (χ2v) is 9.91. The molecule has 8 atom stereocenters. The molecule has 4 aliphatic carbocycles. The van der Waals surface area contributed by atoms with E-state index in [1.165, 1.54) is 31.3 Å². The SMILES string of the molecule is CC(=O)[C@@]12N[C@@H]1C[C@@H]1[C@H]3CC=C4C[C@@H](O)CC[C@]4(C)[C@H]3CC[C@@]12C. The molecular formula is C21H31NO2. The Morgan fingerprint density at radius 1 is 1.25 bits per heavy atom. The van der Waals surface area contributed by atoms with Crippen LogP contribution in [-0.4, -0.2) is 28.6 Å². The van der Waals surface area contributed by atoms with Crippen LogP contribution in [0.2, 0.25) is 0 Å². The largest absolute Gasteiger partial charge is 0.393 e. The van der Waals surface area contributed by atoms with Crippen LogP contribution >= 0.6 is 0 Å². The normalized spacial score (nSPS) is 58.0. The number of carbonyl (C=O) groups is 1. The average molecular weight is 329 g/mol. The molecule has 1 heterocycles. The lowest BCUT2D eigenvalue weighted by atomic mass is 9.46. The summed E-state index contributed by atoms with van der Waals surface area (Å²) in [5.41, 5.74) is 1.79. The average Bonchev–Trinajstić information content (AvgIpc) is 3.21. The molecule has 0 unspecified atom stereocenters. The van der Waals surface area contributed by atoms with E-state index in [0.717, 1.165) is 31.1 Å². The van der Waals surface area contributed by atoms with Gasteiger partial charge in [0.05, 0.1) is 11.6 Å². The van der Waals surface area contributed by atoms with Crippen molar-refractivity contribution in [2.45, 2.75) is 83.4 Å². The minimum atomic E-state index is -0.198. The van der Waals surface area contributed by atoms with Gasteiger partial charge in [-0.2, -0.15) is 0 Å². The first-order chi connectivity index (χ1) is 11.3. The Morgan fingerprint density at radius 2 is 2.04 bits per heavy atom. The van der Waals surface area contributed by atoms with Crippen LogP contribution < -0.4 is 5.32 Å². The van der Waals surface area contributed by atoms with Crippen molar-refractivity contribution in [2.24, 2.45) is 28.6 Å².